The molecular formula is C20H24FN3O2. The molecule has 1 spiro atoms. The minimum atomic E-state index is -0.412. The number of aromatic nitrogens is 2. The third-order valence-corrected chi connectivity index (χ3v) is 5.34. The lowest BCUT2D eigenvalue weighted by Gasteiger charge is -2.50. The van der Waals surface area contributed by atoms with E-state index in [4.69, 9.17) is 9.47 Å². The summed E-state index contributed by atoms with van der Waals surface area (Å²) in [4.78, 5) is 10.9. The third-order valence-electron chi connectivity index (χ3n) is 5.34. The lowest BCUT2D eigenvalue weighted by atomic mass is 9.79. The number of ether oxygens (including phenoxy) is 2. The van der Waals surface area contributed by atoms with E-state index in [0.717, 1.165) is 50.5 Å². The van der Waals surface area contributed by atoms with Crippen molar-refractivity contribution < 1.29 is 13.9 Å². The number of rotatable bonds is 6. The predicted molar refractivity (Wildman–Crippen MR) is 95.3 cm³/mol. The van der Waals surface area contributed by atoms with Gasteiger partial charge in [0.15, 0.2) is 5.82 Å². The lowest BCUT2D eigenvalue weighted by Crippen LogP contribution is -2.64. The van der Waals surface area contributed by atoms with Crippen LogP contribution in [0.25, 0.3) is 0 Å². The van der Waals surface area contributed by atoms with Gasteiger partial charge in [-0.25, -0.2) is 9.37 Å². The van der Waals surface area contributed by atoms with Gasteiger partial charge < -0.3 is 9.47 Å². The topological polar surface area (TPSA) is 47.5 Å². The van der Waals surface area contributed by atoms with Gasteiger partial charge in [0.25, 0.3) is 0 Å². The van der Waals surface area contributed by atoms with E-state index in [0.29, 0.717) is 12.5 Å². The highest BCUT2D eigenvalue weighted by molar-refractivity contribution is 5.14. The molecule has 2 fully saturated rings. The van der Waals surface area contributed by atoms with Crippen LogP contribution in [0.5, 0.6) is 5.88 Å². The Morgan fingerprint density at radius 1 is 1.31 bits per heavy atom. The summed E-state index contributed by atoms with van der Waals surface area (Å²) in [6.45, 7) is 5.97. The normalized spacial score (nSPS) is 21.7. The summed E-state index contributed by atoms with van der Waals surface area (Å²) in [5.41, 5.74) is 2.07. The first-order valence-corrected chi connectivity index (χ1v) is 9.17. The third kappa shape index (κ3) is 3.57. The molecule has 0 aliphatic carbocycles. The number of halogens is 1. The van der Waals surface area contributed by atoms with E-state index >= 15 is 0 Å². The van der Waals surface area contributed by atoms with Crippen molar-refractivity contribution in [1.29, 1.82) is 0 Å². The van der Waals surface area contributed by atoms with Crippen LogP contribution >= 0.6 is 0 Å². The molecule has 4 rings (SSSR count). The summed E-state index contributed by atoms with van der Waals surface area (Å²) in [6.07, 6.45) is 3.43. The van der Waals surface area contributed by atoms with Crippen LogP contribution < -0.4 is 4.74 Å². The molecule has 1 unspecified atom stereocenters. The first-order chi connectivity index (χ1) is 12.6. The van der Waals surface area contributed by atoms with Gasteiger partial charge in [0.2, 0.25) is 5.88 Å². The van der Waals surface area contributed by atoms with E-state index < -0.39 is 5.82 Å². The highest BCUT2D eigenvalue weighted by Crippen LogP contribution is 2.42. The molecule has 26 heavy (non-hydrogen) atoms. The second-order valence-corrected chi connectivity index (χ2v) is 7.24. The van der Waals surface area contributed by atoms with Crippen LogP contribution in [0.4, 0.5) is 4.39 Å². The largest absolute Gasteiger partial charge is 0.476 e. The number of likely N-dealkylation sites (tertiary alicyclic amines) is 1. The fourth-order valence-electron chi connectivity index (χ4n) is 4.06. The average Bonchev–Trinajstić information content (AvgIpc) is 3.00. The van der Waals surface area contributed by atoms with Crippen molar-refractivity contribution in [2.75, 3.05) is 26.3 Å². The van der Waals surface area contributed by atoms with E-state index in [1.165, 1.54) is 6.07 Å². The SMILES string of the molecule is Cc1cccc(CN2CC3(C2)OCCC3CCOc2ncccc2F)n1. The summed E-state index contributed by atoms with van der Waals surface area (Å²) in [5.74, 6) is 0.113. The second kappa shape index (κ2) is 7.29. The second-order valence-electron chi connectivity index (χ2n) is 7.24. The minimum absolute atomic E-state index is 0.0736. The van der Waals surface area contributed by atoms with Crippen LogP contribution in [0.15, 0.2) is 36.5 Å². The molecule has 1 atom stereocenters. The molecule has 4 heterocycles. The molecule has 0 N–H and O–H groups in total. The fourth-order valence-corrected chi connectivity index (χ4v) is 4.06. The number of hydrogen-bond acceptors (Lipinski definition) is 5. The summed E-state index contributed by atoms with van der Waals surface area (Å²) >= 11 is 0. The molecule has 6 heteroatoms. The van der Waals surface area contributed by atoms with Crippen molar-refractivity contribution in [3.05, 3.63) is 53.7 Å². The van der Waals surface area contributed by atoms with Gasteiger partial charge in [0, 0.05) is 38.1 Å². The van der Waals surface area contributed by atoms with Gasteiger partial charge >= 0.3 is 0 Å². The Morgan fingerprint density at radius 3 is 3.00 bits per heavy atom. The monoisotopic (exact) mass is 357 g/mol. The van der Waals surface area contributed by atoms with Crippen LogP contribution in [0.2, 0.25) is 0 Å². The molecule has 2 aromatic heterocycles. The van der Waals surface area contributed by atoms with Gasteiger partial charge in [-0.3, -0.25) is 9.88 Å². The quantitative estimate of drug-likeness (QED) is 0.795. The zero-order valence-corrected chi connectivity index (χ0v) is 15.0. The van der Waals surface area contributed by atoms with Gasteiger partial charge in [-0.15, -0.1) is 0 Å². The van der Waals surface area contributed by atoms with E-state index in [9.17, 15) is 4.39 Å². The van der Waals surface area contributed by atoms with E-state index in [1.54, 1.807) is 12.3 Å². The van der Waals surface area contributed by atoms with E-state index in [2.05, 4.69) is 27.0 Å². The van der Waals surface area contributed by atoms with Crippen molar-refractivity contribution in [3.8, 4) is 5.88 Å². The van der Waals surface area contributed by atoms with E-state index in [1.807, 2.05) is 13.0 Å². The van der Waals surface area contributed by atoms with Crippen LogP contribution in [-0.2, 0) is 11.3 Å². The summed E-state index contributed by atoms with van der Waals surface area (Å²) in [6, 6.07) is 9.07. The van der Waals surface area contributed by atoms with Crippen LogP contribution in [0.1, 0.15) is 24.2 Å². The Labute approximate surface area is 153 Å². The summed E-state index contributed by atoms with van der Waals surface area (Å²) in [7, 11) is 0. The molecule has 2 saturated heterocycles. The number of hydrogen-bond donors (Lipinski definition) is 0. The van der Waals surface area contributed by atoms with Crippen LogP contribution in [0.3, 0.4) is 0 Å². The Kier molecular flexibility index (Phi) is 4.87. The molecule has 138 valence electrons. The summed E-state index contributed by atoms with van der Waals surface area (Å²) < 4.78 is 25.2. The molecule has 0 radical (unpaired) electrons. The molecule has 0 saturated carbocycles. The number of pyridine rings is 2. The van der Waals surface area contributed by atoms with Crippen molar-refractivity contribution in [2.24, 2.45) is 5.92 Å². The molecule has 0 aromatic carbocycles. The van der Waals surface area contributed by atoms with Gasteiger partial charge in [-0.1, -0.05) is 6.07 Å². The molecular weight excluding hydrogens is 333 g/mol. The Bertz CT molecular complexity index is 764. The molecule has 2 aromatic rings. The zero-order chi connectivity index (χ0) is 18.0. The standard InChI is InChI=1S/C20H24FN3O2/c1-15-4-2-5-17(23-15)12-24-13-20(14-24)16(8-11-26-20)7-10-25-19-18(21)6-3-9-22-19/h2-6,9,16H,7-8,10-14H2,1H3. The Morgan fingerprint density at radius 2 is 2.19 bits per heavy atom. The highest BCUT2D eigenvalue weighted by atomic mass is 19.1. The minimum Gasteiger partial charge on any atom is -0.476 e. The average molecular weight is 357 g/mol. The first kappa shape index (κ1) is 17.4. The molecule has 2 aliphatic heterocycles. The highest BCUT2D eigenvalue weighted by Gasteiger charge is 2.52. The van der Waals surface area contributed by atoms with Crippen LogP contribution in [0, 0.1) is 18.7 Å². The van der Waals surface area contributed by atoms with Gasteiger partial charge in [-0.05, 0) is 49.9 Å². The molecule has 2 aliphatic rings. The van der Waals surface area contributed by atoms with E-state index in [-0.39, 0.29) is 11.5 Å². The smallest absolute Gasteiger partial charge is 0.250 e. The summed E-state index contributed by atoms with van der Waals surface area (Å²) in [5, 5.41) is 0. The molecule has 0 amide bonds. The maximum Gasteiger partial charge on any atom is 0.250 e. The number of aryl methyl sites for hydroxylation is 1. The Balaban J connectivity index is 1.28. The molecule has 5 nitrogen and oxygen atoms in total. The van der Waals surface area contributed by atoms with Crippen molar-refractivity contribution in [1.82, 2.24) is 14.9 Å². The van der Waals surface area contributed by atoms with Crippen molar-refractivity contribution in [3.63, 3.8) is 0 Å². The van der Waals surface area contributed by atoms with Crippen LogP contribution in [-0.4, -0.2) is 46.8 Å². The maximum atomic E-state index is 13.6. The van der Waals surface area contributed by atoms with Gasteiger partial charge in [0.1, 0.15) is 0 Å². The van der Waals surface area contributed by atoms with Gasteiger partial charge in [-0.2, -0.15) is 0 Å². The van der Waals surface area contributed by atoms with Gasteiger partial charge in [0.05, 0.1) is 17.9 Å². The first-order valence-electron chi connectivity index (χ1n) is 9.17. The van der Waals surface area contributed by atoms with Crippen molar-refractivity contribution in [2.45, 2.75) is 31.9 Å². The van der Waals surface area contributed by atoms with Crippen molar-refractivity contribution >= 4 is 0 Å². The fraction of sp³-hybridized carbons (Fsp3) is 0.500. The lowest BCUT2D eigenvalue weighted by molar-refractivity contribution is -0.138. The Hall–Kier alpha value is -2.05. The predicted octanol–water partition coefficient (Wildman–Crippen LogP) is 2.98. The molecule has 0 bridgehead atoms. The zero-order valence-electron chi connectivity index (χ0n) is 15.0. The number of nitrogens with zero attached hydrogens (tertiary/aromatic N) is 3. The maximum absolute atomic E-state index is 13.6.